The number of rotatable bonds is 6. The van der Waals surface area contributed by atoms with E-state index >= 15 is 0 Å². The molecule has 1 aromatic rings. The highest BCUT2D eigenvalue weighted by atomic mass is 16.5. The number of hydrogen-bond donors (Lipinski definition) is 0. The first-order valence-electron chi connectivity index (χ1n) is 10.2. The molecule has 2 aliphatic heterocycles. The Morgan fingerprint density at radius 1 is 1.22 bits per heavy atom. The molecule has 4 rings (SSSR count). The van der Waals surface area contributed by atoms with E-state index in [2.05, 4.69) is 0 Å². The molecule has 1 aromatic heterocycles. The van der Waals surface area contributed by atoms with Crippen LogP contribution in [-0.2, 0) is 27.1 Å². The van der Waals surface area contributed by atoms with Crippen molar-refractivity contribution in [1.82, 2.24) is 14.9 Å². The van der Waals surface area contributed by atoms with Crippen molar-refractivity contribution in [3.05, 3.63) is 17.1 Å². The standard InChI is InChI=1S/C20H29N3O4/c1-2-25-13-18(24)23-9-3-4-15(12-23)27-20-16-7-10-26-11-8-17(16)21-19(22-20)14-5-6-14/h14-15H,2-13H2,1H3. The van der Waals surface area contributed by atoms with E-state index in [-0.39, 0.29) is 18.6 Å². The number of aromatic nitrogens is 2. The smallest absolute Gasteiger partial charge is 0.248 e. The van der Waals surface area contributed by atoms with Crippen LogP contribution in [0.25, 0.3) is 0 Å². The minimum atomic E-state index is -0.0282. The Labute approximate surface area is 160 Å². The molecule has 0 spiro atoms. The number of likely N-dealkylation sites (tertiary alicyclic amines) is 1. The molecule has 7 heteroatoms. The fraction of sp³-hybridized carbons (Fsp3) is 0.750. The third kappa shape index (κ3) is 4.58. The third-order valence-corrected chi connectivity index (χ3v) is 5.43. The SMILES string of the molecule is CCOCC(=O)N1CCCC(Oc2nc(C3CC3)nc3c2CCOCC3)C1. The number of amides is 1. The Morgan fingerprint density at radius 2 is 2.07 bits per heavy atom. The average molecular weight is 375 g/mol. The minimum Gasteiger partial charge on any atom is -0.472 e. The number of carbonyl (C=O) groups excluding carboxylic acids is 1. The van der Waals surface area contributed by atoms with Gasteiger partial charge in [0.05, 0.1) is 25.5 Å². The molecule has 7 nitrogen and oxygen atoms in total. The van der Waals surface area contributed by atoms with E-state index in [1.807, 2.05) is 11.8 Å². The van der Waals surface area contributed by atoms with Crippen molar-refractivity contribution >= 4 is 5.91 Å². The van der Waals surface area contributed by atoms with Gasteiger partial charge in [-0.25, -0.2) is 4.98 Å². The number of nitrogens with zero attached hydrogens (tertiary/aromatic N) is 3. The van der Waals surface area contributed by atoms with Crippen LogP contribution < -0.4 is 4.74 Å². The summed E-state index contributed by atoms with van der Waals surface area (Å²) in [5, 5.41) is 0. The van der Waals surface area contributed by atoms with Gasteiger partial charge in [-0.15, -0.1) is 0 Å². The second-order valence-corrected chi connectivity index (χ2v) is 7.56. The summed E-state index contributed by atoms with van der Waals surface area (Å²) in [5.41, 5.74) is 2.18. The molecule has 1 aliphatic carbocycles. The van der Waals surface area contributed by atoms with E-state index < -0.39 is 0 Å². The lowest BCUT2D eigenvalue weighted by Gasteiger charge is -2.33. The van der Waals surface area contributed by atoms with E-state index in [0.29, 0.717) is 32.3 Å². The van der Waals surface area contributed by atoms with Gasteiger partial charge < -0.3 is 19.1 Å². The highest BCUT2D eigenvalue weighted by Gasteiger charge is 2.31. The largest absolute Gasteiger partial charge is 0.472 e. The predicted octanol–water partition coefficient (Wildman–Crippen LogP) is 1.88. The summed E-state index contributed by atoms with van der Waals surface area (Å²) in [6, 6.07) is 0. The van der Waals surface area contributed by atoms with E-state index in [4.69, 9.17) is 24.2 Å². The predicted molar refractivity (Wildman–Crippen MR) is 99.0 cm³/mol. The maximum Gasteiger partial charge on any atom is 0.248 e. The van der Waals surface area contributed by atoms with Gasteiger partial charge in [0.2, 0.25) is 11.8 Å². The van der Waals surface area contributed by atoms with Gasteiger partial charge >= 0.3 is 0 Å². The normalized spacial score (nSPS) is 22.9. The molecule has 1 atom stereocenters. The summed E-state index contributed by atoms with van der Waals surface area (Å²) in [7, 11) is 0. The molecule has 1 unspecified atom stereocenters. The number of carbonyl (C=O) groups is 1. The van der Waals surface area contributed by atoms with E-state index in [9.17, 15) is 4.79 Å². The first-order valence-corrected chi connectivity index (χ1v) is 10.2. The van der Waals surface area contributed by atoms with Crippen molar-refractivity contribution in [3.63, 3.8) is 0 Å². The van der Waals surface area contributed by atoms with Crippen LogP contribution in [0.1, 0.15) is 55.6 Å². The minimum absolute atomic E-state index is 0.0282. The molecule has 0 N–H and O–H groups in total. The van der Waals surface area contributed by atoms with Crippen molar-refractivity contribution in [3.8, 4) is 5.88 Å². The molecule has 27 heavy (non-hydrogen) atoms. The summed E-state index contributed by atoms with van der Waals surface area (Å²) in [6.45, 7) is 5.36. The Bertz CT molecular complexity index is 677. The quantitative estimate of drug-likeness (QED) is 0.756. The van der Waals surface area contributed by atoms with Crippen LogP contribution in [-0.4, -0.2) is 66.4 Å². The second kappa shape index (κ2) is 8.52. The third-order valence-electron chi connectivity index (χ3n) is 5.43. The number of fused-ring (bicyclic) bond motifs is 1. The molecular formula is C20H29N3O4. The van der Waals surface area contributed by atoms with E-state index in [1.165, 1.54) is 0 Å². The maximum atomic E-state index is 12.3. The van der Waals surface area contributed by atoms with Gasteiger partial charge in [-0.05, 0) is 32.6 Å². The Balaban J connectivity index is 1.49. The van der Waals surface area contributed by atoms with Crippen LogP contribution in [0.2, 0.25) is 0 Å². The van der Waals surface area contributed by atoms with Gasteiger partial charge in [0.25, 0.3) is 0 Å². The van der Waals surface area contributed by atoms with Crippen molar-refractivity contribution in [2.45, 2.75) is 57.5 Å². The zero-order valence-electron chi connectivity index (χ0n) is 16.1. The van der Waals surface area contributed by atoms with Crippen LogP contribution in [0.3, 0.4) is 0 Å². The average Bonchev–Trinajstić information content (AvgIpc) is 3.53. The van der Waals surface area contributed by atoms with Crippen molar-refractivity contribution in [1.29, 1.82) is 0 Å². The summed E-state index contributed by atoms with van der Waals surface area (Å²) in [6.07, 6.45) is 5.78. The van der Waals surface area contributed by atoms with Gasteiger partial charge in [0.1, 0.15) is 18.5 Å². The lowest BCUT2D eigenvalue weighted by atomic mass is 10.1. The second-order valence-electron chi connectivity index (χ2n) is 7.56. The first kappa shape index (κ1) is 18.6. The van der Waals surface area contributed by atoms with Crippen LogP contribution in [0.5, 0.6) is 5.88 Å². The van der Waals surface area contributed by atoms with Gasteiger partial charge in [0, 0.05) is 37.5 Å². The first-order chi connectivity index (χ1) is 13.2. The lowest BCUT2D eigenvalue weighted by molar-refractivity contribution is -0.138. The molecule has 0 aromatic carbocycles. The Kier molecular flexibility index (Phi) is 5.88. The molecule has 148 valence electrons. The van der Waals surface area contributed by atoms with E-state index in [0.717, 1.165) is 68.0 Å². The van der Waals surface area contributed by atoms with Crippen molar-refractivity contribution in [2.75, 3.05) is 39.5 Å². The number of hydrogen-bond acceptors (Lipinski definition) is 6. The molecule has 3 aliphatic rings. The number of piperidine rings is 1. The fourth-order valence-corrected chi connectivity index (χ4v) is 3.75. The number of ether oxygens (including phenoxy) is 3. The Morgan fingerprint density at radius 3 is 2.89 bits per heavy atom. The molecule has 0 radical (unpaired) electrons. The molecule has 1 saturated heterocycles. The van der Waals surface area contributed by atoms with E-state index in [1.54, 1.807) is 0 Å². The molecule has 0 bridgehead atoms. The Hall–Kier alpha value is -1.73. The summed E-state index contributed by atoms with van der Waals surface area (Å²) in [5.74, 6) is 2.17. The van der Waals surface area contributed by atoms with Gasteiger partial charge in [-0.2, -0.15) is 4.98 Å². The van der Waals surface area contributed by atoms with Crippen LogP contribution in [0.4, 0.5) is 0 Å². The van der Waals surface area contributed by atoms with Gasteiger partial charge in [0.15, 0.2) is 0 Å². The van der Waals surface area contributed by atoms with Crippen LogP contribution in [0.15, 0.2) is 0 Å². The monoisotopic (exact) mass is 375 g/mol. The molecule has 3 heterocycles. The van der Waals surface area contributed by atoms with Crippen molar-refractivity contribution < 1.29 is 19.0 Å². The zero-order valence-corrected chi connectivity index (χ0v) is 16.1. The summed E-state index contributed by atoms with van der Waals surface area (Å²) >= 11 is 0. The van der Waals surface area contributed by atoms with Crippen LogP contribution >= 0.6 is 0 Å². The maximum absolute atomic E-state index is 12.3. The van der Waals surface area contributed by atoms with Gasteiger partial charge in [-0.3, -0.25) is 4.79 Å². The molecular weight excluding hydrogens is 346 g/mol. The van der Waals surface area contributed by atoms with Crippen molar-refractivity contribution in [2.24, 2.45) is 0 Å². The highest BCUT2D eigenvalue weighted by Crippen LogP contribution is 2.40. The molecule has 1 amide bonds. The zero-order chi connectivity index (χ0) is 18.6. The van der Waals surface area contributed by atoms with Gasteiger partial charge in [-0.1, -0.05) is 0 Å². The molecule has 2 fully saturated rings. The molecule has 1 saturated carbocycles. The summed E-state index contributed by atoms with van der Waals surface area (Å²) < 4.78 is 17.3. The topological polar surface area (TPSA) is 73.8 Å². The summed E-state index contributed by atoms with van der Waals surface area (Å²) in [4.78, 5) is 23.7. The fourth-order valence-electron chi connectivity index (χ4n) is 3.75. The highest BCUT2D eigenvalue weighted by molar-refractivity contribution is 5.77. The lowest BCUT2D eigenvalue weighted by Crippen LogP contribution is -2.46. The van der Waals surface area contributed by atoms with Crippen LogP contribution in [0, 0.1) is 0 Å².